The number of carboxylic acids is 1. The molecule has 8 nitrogen and oxygen atoms in total. The number of sulfonamides is 1. The molecule has 0 atom stereocenters. The third-order valence-corrected chi connectivity index (χ3v) is 10.6. The van der Waals surface area contributed by atoms with Crippen molar-refractivity contribution in [3.05, 3.63) is 58.1 Å². The standard InChI is InChI=1S/C26H26Cl2F3N3O5S2/c27-23-17(5-7-22(35)33-12-14-34(15-13-33)41(38,39)26(29,30)31)4-6-21(24(23)28)40-20-3-1-2-19(16-20)32-10-8-18(9-11-32)25(36)37/h1-7,16,18H,8-15H2,(H,36,37)/b7-5+. The van der Waals surface area contributed by atoms with Crippen LogP contribution in [0.4, 0.5) is 18.9 Å². The number of carbonyl (C=O) groups is 2. The summed E-state index contributed by atoms with van der Waals surface area (Å²) in [6, 6.07) is 11.3. The van der Waals surface area contributed by atoms with Gasteiger partial charge in [0.1, 0.15) is 0 Å². The number of amides is 1. The quantitative estimate of drug-likeness (QED) is 0.398. The van der Waals surface area contributed by atoms with Gasteiger partial charge in [-0.05, 0) is 48.7 Å². The van der Waals surface area contributed by atoms with E-state index in [1.54, 1.807) is 12.1 Å². The van der Waals surface area contributed by atoms with Crippen LogP contribution in [0.2, 0.25) is 10.0 Å². The molecule has 0 aliphatic carbocycles. The minimum absolute atomic E-state index is 0.181. The van der Waals surface area contributed by atoms with Crippen LogP contribution < -0.4 is 4.90 Å². The Bertz CT molecular complexity index is 1440. The molecule has 222 valence electrons. The first-order valence-corrected chi connectivity index (χ1v) is 15.6. The van der Waals surface area contributed by atoms with E-state index in [-0.39, 0.29) is 29.1 Å². The maximum Gasteiger partial charge on any atom is 0.511 e. The zero-order valence-electron chi connectivity index (χ0n) is 21.5. The summed E-state index contributed by atoms with van der Waals surface area (Å²) in [7, 11) is -5.43. The second-order valence-corrected chi connectivity index (χ2v) is 13.3. The van der Waals surface area contributed by atoms with Gasteiger partial charge in [-0.3, -0.25) is 9.59 Å². The smallest absolute Gasteiger partial charge is 0.481 e. The lowest BCUT2D eigenvalue weighted by molar-refractivity contribution is -0.142. The molecular formula is C26H26Cl2F3N3O5S2. The highest BCUT2D eigenvalue weighted by molar-refractivity contribution is 7.99. The molecule has 2 aliphatic heterocycles. The summed E-state index contributed by atoms with van der Waals surface area (Å²) < 4.78 is 61.7. The number of hydrogen-bond donors (Lipinski definition) is 1. The Morgan fingerprint density at radius 3 is 2.24 bits per heavy atom. The van der Waals surface area contributed by atoms with Gasteiger partial charge in [-0.25, -0.2) is 8.42 Å². The zero-order valence-corrected chi connectivity index (χ0v) is 24.6. The topological polar surface area (TPSA) is 98.2 Å². The van der Waals surface area contributed by atoms with Crippen molar-refractivity contribution in [2.45, 2.75) is 28.1 Å². The average molecular weight is 653 g/mol. The third kappa shape index (κ3) is 7.31. The maximum absolute atomic E-state index is 12.8. The highest BCUT2D eigenvalue weighted by atomic mass is 35.5. The van der Waals surface area contributed by atoms with Crippen LogP contribution in [0.3, 0.4) is 0 Å². The summed E-state index contributed by atoms with van der Waals surface area (Å²) in [6.07, 6.45) is 3.84. The number of benzene rings is 2. The van der Waals surface area contributed by atoms with Gasteiger partial charge in [0.25, 0.3) is 0 Å². The molecule has 0 radical (unpaired) electrons. The fraction of sp³-hybridized carbons (Fsp3) is 0.385. The Hall–Kier alpha value is -2.45. The fourth-order valence-corrected chi connectivity index (χ4v) is 6.99. The molecule has 1 amide bonds. The van der Waals surface area contributed by atoms with Gasteiger partial charge in [-0.15, -0.1) is 0 Å². The first kappa shape index (κ1) is 31.5. The second kappa shape index (κ2) is 12.8. The summed E-state index contributed by atoms with van der Waals surface area (Å²) in [6.45, 7) is 0.0291. The molecule has 15 heteroatoms. The van der Waals surface area contributed by atoms with E-state index in [4.69, 9.17) is 23.2 Å². The number of anilines is 1. The molecule has 2 heterocycles. The minimum Gasteiger partial charge on any atom is -0.481 e. The number of piperidine rings is 1. The Morgan fingerprint density at radius 2 is 1.63 bits per heavy atom. The van der Waals surface area contributed by atoms with E-state index < -0.39 is 40.5 Å². The Balaban J connectivity index is 1.37. The van der Waals surface area contributed by atoms with Crippen LogP contribution in [-0.4, -0.2) is 79.4 Å². The van der Waals surface area contributed by atoms with Crippen molar-refractivity contribution in [2.24, 2.45) is 5.92 Å². The number of rotatable bonds is 7. The fourth-order valence-electron chi connectivity index (χ4n) is 4.57. The molecule has 0 spiro atoms. The molecule has 4 rings (SSSR count). The summed E-state index contributed by atoms with van der Waals surface area (Å²) in [4.78, 5) is 28.8. The number of carboxylic acid groups (broad SMARTS) is 1. The molecule has 2 aromatic carbocycles. The van der Waals surface area contributed by atoms with Crippen LogP contribution in [0.5, 0.6) is 0 Å². The lowest BCUT2D eigenvalue weighted by Gasteiger charge is -2.33. The Kier molecular flexibility index (Phi) is 9.85. The predicted molar refractivity (Wildman–Crippen MR) is 152 cm³/mol. The molecule has 2 aromatic rings. The van der Waals surface area contributed by atoms with Crippen LogP contribution in [0, 0.1) is 5.92 Å². The highest BCUT2D eigenvalue weighted by Crippen LogP contribution is 2.40. The molecule has 1 N–H and O–H groups in total. The van der Waals surface area contributed by atoms with Crippen LogP contribution in [-0.2, 0) is 19.6 Å². The third-order valence-electron chi connectivity index (χ3n) is 6.92. The molecule has 0 aromatic heterocycles. The van der Waals surface area contributed by atoms with Crippen LogP contribution in [0.1, 0.15) is 18.4 Å². The van der Waals surface area contributed by atoms with E-state index in [2.05, 4.69) is 4.90 Å². The summed E-state index contributed by atoms with van der Waals surface area (Å²) in [5.41, 5.74) is -3.94. The maximum atomic E-state index is 12.8. The van der Waals surface area contributed by atoms with Gasteiger partial charge in [-0.1, -0.05) is 47.1 Å². The van der Waals surface area contributed by atoms with Crippen molar-refractivity contribution in [1.82, 2.24) is 9.21 Å². The first-order valence-electron chi connectivity index (χ1n) is 12.5. The molecule has 2 aliphatic rings. The van der Waals surface area contributed by atoms with Gasteiger partial charge in [0.05, 0.1) is 16.0 Å². The van der Waals surface area contributed by atoms with Gasteiger partial charge < -0.3 is 14.9 Å². The van der Waals surface area contributed by atoms with Crippen molar-refractivity contribution in [3.63, 3.8) is 0 Å². The van der Waals surface area contributed by atoms with Crippen molar-refractivity contribution in [3.8, 4) is 0 Å². The number of piperazine rings is 1. The summed E-state index contributed by atoms with van der Waals surface area (Å²) in [5, 5.41) is 9.73. The molecular weight excluding hydrogens is 626 g/mol. The molecule has 0 unspecified atom stereocenters. The van der Waals surface area contributed by atoms with E-state index in [1.165, 1.54) is 28.8 Å². The summed E-state index contributed by atoms with van der Waals surface area (Å²) in [5.74, 6) is -1.58. The van der Waals surface area contributed by atoms with Gasteiger partial charge in [0.2, 0.25) is 5.91 Å². The Labute approximate surface area is 249 Å². The van der Waals surface area contributed by atoms with Crippen molar-refractivity contribution in [1.29, 1.82) is 0 Å². The predicted octanol–water partition coefficient (Wildman–Crippen LogP) is 5.45. The van der Waals surface area contributed by atoms with Crippen LogP contribution in [0.15, 0.2) is 52.3 Å². The lowest BCUT2D eigenvalue weighted by Crippen LogP contribution is -2.53. The molecule has 0 saturated carbocycles. The van der Waals surface area contributed by atoms with E-state index in [0.717, 1.165) is 10.6 Å². The highest BCUT2D eigenvalue weighted by Gasteiger charge is 2.50. The molecule has 0 bridgehead atoms. The van der Waals surface area contributed by atoms with E-state index in [0.29, 0.717) is 40.7 Å². The van der Waals surface area contributed by atoms with Crippen molar-refractivity contribution in [2.75, 3.05) is 44.2 Å². The number of carbonyl (C=O) groups excluding carboxylic acids is 1. The number of nitrogens with zero attached hydrogens (tertiary/aromatic N) is 3. The largest absolute Gasteiger partial charge is 0.511 e. The summed E-state index contributed by atoms with van der Waals surface area (Å²) >= 11 is 14.4. The van der Waals surface area contributed by atoms with Gasteiger partial charge in [0.15, 0.2) is 0 Å². The van der Waals surface area contributed by atoms with E-state index in [9.17, 15) is 36.3 Å². The molecule has 2 fully saturated rings. The first-order chi connectivity index (χ1) is 19.3. The number of aliphatic carboxylic acids is 1. The normalized spacial score (nSPS) is 17.8. The van der Waals surface area contributed by atoms with Crippen molar-refractivity contribution >= 4 is 68.6 Å². The second-order valence-electron chi connectivity index (χ2n) is 9.49. The van der Waals surface area contributed by atoms with Crippen molar-refractivity contribution < 1.29 is 36.3 Å². The number of halogens is 5. The average Bonchev–Trinajstić information content (AvgIpc) is 2.94. The van der Waals surface area contributed by atoms with E-state index in [1.807, 2.05) is 24.3 Å². The van der Waals surface area contributed by atoms with Gasteiger partial charge in [0, 0.05) is 60.8 Å². The van der Waals surface area contributed by atoms with Gasteiger partial charge in [-0.2, -0.15) is 17.5 Å². The number of hydrogen-bond acceptors (Lipinski definition) is 6. The molecule has 41 heavy (non-hydrogen) atoms. The Morgan fingerprint density at radius 1 is 0.976 bits per heavy atom. The van der Waals surface area contributed by atoms with Crippen LogP contribution >= 0.6 is 35.0 Å². The SMILES string of the molecule is O=C(O)C1CCN(c2cccc(Sc3ccc(/C=C/C(=O)N4CCN(S(=O)(=O)C(F)(F)F)CC4)c(Cl)c3Cl)c2)CC1. The van der Waals surface area contributed by atoms with Gasteiger partial charge >= 0.3 is 21.5 Å². The zero-order chi connectivity index (χ0) is 29.9. The minimum atomic E-state index is -5.43. The number of alkyl halides is 3. The molecule has 2 saturated heterocycles. The monoisotopic (exact) mass is 651 g/mol. The lowest BCUT2D eigenvalue weighted by atomic mass is 9.97. The van der Waals surface area contributed by atoms with E-state index >= 15 is 0 Å². The van der Waals surface area contributed by atoms with Crippen LogP contribution in [0.25, 0.3) is 6.08 Å².